The van der Waals surface area contributed by atoms with Crippen LogP contribution in [0.1, 0.15) is 42.7 Å². The van der Waals surface area contributed by atoms with Crippen molar-refractivity contribution >= 4 is 22.8 Å². The van der Waals surface area contributed by atoms with Crippen LogP contribution in [0.25, 0.3) is 10.9 Å². The highest BCUT2D eigenvalue weighted by Gasteiger charge is 2.26. The van der Waals surface area contributed by atoms with Gasteiger partial charge in [0.05, 0.1) is 29.5 Å². The molecule has 2 aromatic rings. The molecule has 1 atom stereocenters. The molecule has 1 heterocycles. The minimum atomic E-state index is -1.16. The Balaban J connectivity index is 2.63. The molecule has 0 spiro atoms. The van der Waals surface area contributed by atoms with E-state index in [2.05, 4.69) is 4.98 Å². The fourth-order valence-corrected chi connectivity index (χ4v) is 2.67. The second kappa shape index (κ2) is 8.25. The van der Waals surface area contributed by atoms with Crippen LogP contribution in [-0.4, -0.2) is 41.5 Å². The first kappa shape index (κ1) is 18.4. The standard InChI is InChI=1S/C19H21N3O3/c1-4-22(5-2)18(23)14-11-17(15(12-20)19(24)25-6-3)21-16-10-8-7-9-13(14)16/h7-11,15H,4-6H2,1-3H3. The molecule has 25 heavy (non-hydrogen) atoms. The van der Waals surface area contributed by atoms with Gasteiger partial charge in [-0.25, -0.2) is 0 Å². The van der Waals surface area contributed by atoms with Gasteiger partial charge in [0.2, 0.25) is 0 Å². The third-order valence-electron chi connectivity index (χ3n) is 3.96. The van der Waals surface area contributed by atoms with Gasteiger partial charge in [0.15, 0.2) is 5.92 Å². The number of esters is 1. The van der Waals surface area contributed by atoms with Crippen LogP contribution >= 0.6 is 0 Å². The first-order valence-electron chi connectivity index (χ1n) is 8.32. The summed E-state index contributed by atoms with van der Waals surface area (Å²) in [5.41, 5.74) is 1.24. The van der Waals surface area contributed by atoms with Crippen molar-refractivity contribution in [2.24, 2.45) is 0 Å². The highest BCUT2D eigenvalue weighted by atomic mass is 16.5. The number of carbonyl (C=O) groups is 2. The molecule has 1 aromatic heterocycles. The number of nitriles is 1. The van der Waals surface area contributed by atoms with Gasteiger partial charge in [0, 0.05) is 18.5 Å². The zero-order valence-electron chi connectivity index (χ0n) is 14.7. The predicted molar refractivity (Wildman–Crippen MR) is 94.0 cm³/mol. The second-order valence-electron chi connectivity index (χ2n) is 5.40. The molecule has 0 saturated carbocycles. The molecule has 130 valence electrons. The maximum atomic E-state index is 12.9. The number of hydrogen-bond donors (Lipinski definition) is 0. The van der Waals surface area contributed by atoms with Crippen molar-refractivity contribution in [2.45, 2.75) is 26.7 Å². The Morgan fingerprint density at radius 3 is 2.52 bits per heavy atom. The topological polar surface area (TPSA) is 83.3 Å². The number of fused-ring (bicyclic) bond motifs is 1. The van der Waals surface area contributed by atoms with Crippen molar-refractivity contribution in [1.82, 2.24) is 9.88 Å². The van der Waals surface area contributed by atoms with E-state index in [1.807, 2.05) is 32.0 Å². The highest BCUT2D eigenvalue weighted by molar-refractivity contribution is 6.06. The average molecular weight is 339 g/mol. The zero-order chi connectivity index (χ0) is 18.4. The van der Waals surface area contributed by atoms with Gasteiger partial charge in [-0.05, 0) is 32.9 Å². The summed E-state index contributed by atoms with van der Waals surface area (Å²) < 4.78 is 4.95. The van der Waals surface area contributed by atoms with Gasteiger partial charge >= 0.3 is 5.97 Å². The lowest BCUT2D eigenvalue weighted by Crippen LogP contribution is -2.31. The SMILES string of the molecule is CCOC(=O)C(C#N)c1cc(C(=O)N(CC)CC)c2ccccc2n1. The van der Waals surface area contributed by atoms with E-state index in [0.29, 0.717) is 29.6 Å². The molecule has 0 bridgehead atoms. The number of carbonyl (C=O) groups excluding carboxylic acids is 2. The zero-order valence-corrected chi connectivity index (χ0v) is 14.7. The summed E-state index contributed by atoms with van der Waals surface area (Å²) in [6.45, 7) is 6.80. The Kier molecular flexibility index (Phi) is 6.07. The van der Waals surface area contributed by atoms with Gasteiger partial charge in [-0.3, -0.25) is 14.6 Å². The van der Waals surface area contributed by atoms with Crippen LogP contribution in [0.15, 0.2) is 30.3 Å². The minimum Gasteiger partial charge on any atom is -0.465 e. The van der Waals surface area contributed by atoms with E-state index in [4.69, 9.17) is 4.74 Å². The lowest BCUT2D eigenvalue weighted by Gasteiger charge is -2.20. The Hall–Kier alpha value is -2.94. The predicted octanol–water partition coefficient (Wildman–Crippen LogP) is 2.89. The number of benzene rings is 1. The molecule has 6 nitrogen and oxygen atoms in total. The third kappa shape index (κ3) is 3.77. The summed E-state index contributed by atoms with van der Waals surface area (Å²) in [7, 11) is 0. The van der Waals surface area contributed by atoms with Crippen molar-refractivity contribution in [2.75, 3.05) is 19.7 Å². The van der Waals surface area contributed by atoms with Crippen molar-refractivity contribution in [3.05, 3.63) is 41.6 Å². The summed E-state index contributed by atoms with van der Waals surface area (Å²) in [5, 5.41) is 10.1. The molecule has 0 aliphatic heterocycles. The smallest absolute Gasteiger partial charge is 0.329 e. The van der Waals surface area contributed by atoms with E-state index < -0.39 is 11.9 Å². The average Bonchev–Trinajstić information content (AvgIpc) is 2.62. The van der Waals surface area contributed by atoms with Gasteiger partial charge in [0.1, 0.15) is 0 Å². The normalized spacial score (nSPS) is 11.6. The molecule has 6 heteroatoms. The van der Waals surface area contributed by atoms with Crippen LogP contribution in [0.3, 0.4) is 0 Å². The molecule has 0 saturated heterocycles. The van der Waals surface area contributed by atoms with Crippen LogP contribution in [0.5, 0.6) is 0 Å². The van der Waals surface area contributed by atoms with E-state index in [1.54, 1.807) is 24.0 Å². The monoisotopic (exact) mass is 339 g/mol. The summed E-state index contributed by atoms with van der Waals surface area (Å²) >= 11 is 0. The maximum Gasteiger partial charge on any atom is 0.329 e. The number of amides is 1. The van der Waals surface area contributed by atoms with Gasteiger partial charge in [-0.2, -0.15) is 5.26 Å². The molecular weight excluding hydrogens is 318 g/mol. The summed E-state index contributed by atoms with van der Waals surface area (Å²) in [6.07, 6.45) is 0. The lowest BCUT2D eigenvalue weighted by molar-refractivity contribution is -0.143. The van der Waals surface area contributed by atoms with Gasteiger partial charge < -0.3 is 9.64 Å². The minimum absolute atomic E-state index is 0.148. The highest BCUT2D eigenvalue weighted by Crippen LogP contribution is 2.24. The van der Waals surface area contributed by atoms with E-state index in [1.165, 1.54) is 6.07 Å². The molecule has 0 fully saturated rings. The van der Waals surface area contributed by atoms with Crippen molar-refractivity contribution in [1.29, 1.82) is 5.26 Å². The second-order valence-corrected chi connectivity index (χ2v) is 5.40. The summed E-state index contributed by atoms with van der Waals surface area (Å²) in [4.78, 5) is 31.0. The molecule has 0 aliphatic rings. The summed E-state index contributed by atoms with van der Waals surface area (Å²) in [6, 6.07) is 10.7. The number of nitrogens with zero attached hydrogens (tertiary/aromatic N) is 3. The molecule has 1 amide bonds. The number of ether oxygens (including phenoxy) is 1. The molecular formula is C19H21N3O3. The quantitative estimate of drug-likeness (QED) is 0.756. The van der Waals surface area contributed by atoms with Gasteiger partial charge in [-0.1, -0.05) is 18.2 Å². The van der Waals surface area contributed by atoms with E-state index in [9.17, 15) is 14.9 Å². The molecule has 1 unspecified atom stereocenters. The number of para-hydroxylation sites is 1. The molecule has 0 aliphatic carbocycles. The fraction of sp³-hybridized carbons (Fsp3) is 0.368. The van der Waals surface area contributed by atoms with Gasteiger partial charge in [0.25, 0.3) is 5.91 Å². The fourth-order valence-electron chi connectivity index (χ4n) is 2.67. The largest absolute Gasteiger partial charge is 0.465 e. The Morgan fingerprint density at radius 2 is 1.92 bits per heavy atom. The first-order chi connectivity index (χ1) is 12.1. The molecule has 0 N–H and O–H groups in total. The Bertz CT molecular complexity index is 822. The molecule has 2 rings (SSSR count). The molecule has 1 aromatic carbocycles. The molecule has 0 radical (unpaired) electrons. The van der Waals surface area contributed by atoms with Crippen LogP contribution in [0.4, 0.5) is 0 Å². The van der Waals surface area contributed by atoms with Crippen molar-refractivity contribution < 1.29 is 14.3 Å². The van der Waals surface area contributed by atoms with Gasteiger partial charge in [-0.15, -0.1) is 0 Å². The van der Waals surface area contributed by atoms with E-state index in [-0.39, 0.29) is 18.2 Å². The van der Waals surface area contributed by atoms with Crippen LogP contribution in [0, 0.1) is 11.3 Å². The van der Waals surface area contributed by atoms with Crippen molar-refractivity contribution in [3.8, 4) is 6.07 Å². The number of rotatable bonds is 6. The maximum absolute atomic E-state index is 12.9. The number of aromatic nitrogens is 1. The van der Waals surface area contributed by atoms with E-state index >= 15 is 0 Å². The number of pyridine rings is 1. The van der Waals surface area contributed by atoms with E-state index in [0.717, 1.165) is 0 Å². The Labute approximate surface area is 147 Å². The van der Waals surface area contributed by atoms with Crippen LogP contribution in [-0.2, 0) is 9.53 Å². The van der Waals surface area contributed by atoms with Crippen LogP contribution in [0.2, 0.25) is 0 Å². The van der Waals surface area contributed by atoms with Crippen LogP contribution < -0.4 is 0 Å². The Morgan fingerprint density at radius 1 is 1.24 bits per heavy atom. The number of hydrogen-bond acceptors (Lipinski definition) is 5. The third-order valence-corrected chi connectivity index (χ3v) is 3.96. The first-order valence-corrected chi connectivity index (χ1v) is 8.32. The van der Waals surface area contributed by atoms with Crippen molar-refractivity contribution in [3.63, 3.8) is 0 Å². The summed E-state index contributed by atoms with van der Waals surface area (Å²) in [5.74, 6) is -1.97. The lowest BCUT2D eigenvalue weighted by atomic mass is 10.0.